The van der Waals surface area contributed by atoms with Gasteiger partial charge in [0.25, 0.3) is 5.91 Å². The molecular formula is C13H16ClNO3. The van der Waals surface area contributed by atoms with Crippen LogP contribution in [0.25, 0.3) is 0 Å². The van der Waals surface area contributed by atoms with Crippen LogP contribution < -0.4 is 10.1 Å². The van der Waals surface area contributed by atoms with Gasteiger partial charge < -0.3 is 10.1 Å². The Bertz CT molecular complexity index is 446. The molecule has 18 heavy (non-hydrogen) atoms. The molecule has 4 nitrogen and oxygen atoms in total. The number of benzene rings is 1. The molecule has 0 aromatic heterocycles. The summed E-state index contributed by atoms with van der Waals surface area (Å²) in [6, 6.07) is 5.48. The SMILES string of the molecule is CCOc1ccc(CCNC(=O)C(C)=O)cc1Cl. The van der Waals surface area contributed by atoms with Crippen LogP contribution in [0.5, 0.6) is 5.75 Å². The van der Waals surface area contributed by atoms with Crippen molar-refractivity contribution in [2.75, 3.05) is 13.2 Å². The van der Waals surface area contributed by atoms with Crippen molar-refractivity contribution in [1.29, 1.82) is 0 Å². The quantitative estimate of drug-likeness (QED) is 0.804. The lowest BCUT2D eigenvalue weighted by atomic mass is 10.1. The fourth-order valence-electron chi connectivity index (χ4n) is 1.42. The minimum Gasteiger partial charge on any atom is -0.492 e. The molecule has 98 valence electrons. The zero-order valence-corrected chi connectivity index (χ0v) is 11.2. The standard InChI is InChI=1S/C13H16ClNO3/c1-3-18-12-5-4-10(8-11(12)14)6-7-15-13(17)9(2)16/h4-5,8H,3,6-7H2,1-2H3,(H,15,17). The number of hydrogen-bond donors (Lipinski definition) is 1. The third-order valence-electron chi connectivity index (χ3n) is 2.32. The lowest BCUT2D eigenvalue weighted by Gasteiger charge is -2.08. The normalized spacial score (nSPS) is 9.94. The molecule has 0 aliphatic carbocycles. The summed E-state index contributed by atoms with van der Waals surface area (Å²) < 4.78 is 5.32. The molecule has 0 radical (unpaired) electrons. The maximum absolute atomic E-state index is 11.0. The van der Waals surface area contributed by atoms with E-state index >= 15 is 0 Å². The second-order valence-electron chi connectivity index (χ2n) is 3.76. The van der Waals surface area contributed by atoms with Crippen molar-refractivity contribution in [2.45, 2.75) is 20.3 Å². The first kappa shape index (κ1) is 14.5. The minimum atomic E-state index is -0.563. The van der Waals surface area contributed by atoms with E-state index in [0.717, 1.165) is 5.56 Å². The van der Waals surface area contributed by atoms with Gasteiger partial charge in [-0.1, -0.05) is 17.7 Å². The summed E-state index contributed by atoms with van der Waals surface area (Å²) in [7, 11) is 0. The summed E-state index contributed by atoms with van der Waals surface area (Å²) in [5.41, 5.74) is 0.979. The van der Waals surface area contributed by atoms with Gasteiger partial charge in [0.15, 0.2) is 0 Å². The monoisotopic (exact) mass is 269 g/mol. The van der Waals surface area contributed by atoms with Crippen LogP contribution in [0.15, 0.2) is 18.2 Å². The van der Waals surface area contributed by atoms with Crippen LogP contribution in [0, 0.1) is 0 Å². The highest BCUT2D eigenvalue weighted by atomic mass is 35.5. The Balaban J connectivity index is 2.51. The minimum absolute atomic E-state index is 0.405. The average Bonchev–Trinajstić information content (AvgIpc) is 2.32. The third-order valence-corrected chi connectivity index (χ3v) is 2.61. The number of nitrogens with one attached hydrogen (secondary N) is 1. The Hall–Kier alpha value is -1.55. The van der Waals surface area contributed by atoms with Gasteiger partial charge in [-0.05, 0) is 31.0 Å². The summed E-state index contributed by atoms with van der Waals surface area (Å²) in [6.07, 6.45) is 0.616. The molecule has 1 rings (SSSR count). The smallest absolute Gasteiger partial charge is 0.287 e. The maximum atomic E-state index is 11.0. The molecule has 0 fully saturated rings. The van der Waals surface area contributed by atoms with Gasteiger partial charge in [-0.25, -0.2) is 0 Å². The van der Waals surface area contributed by atoms with E-state index in [1.54, 1.807) is 12.1 Å². The first-order valence-corrected chi connectivity index (χ1v) is 6.12. The number of rotatable bonds is 6. The first-order chi connectivity index (χ1) is 8.54. The van der Waals surface area contributed by atoms with Crippen molar-refractivity contribution in [3.8, 4) is 5.75 Å². The van der Waals surface area contributed by atoms with Crippen molar-refractivity contribution in [3.05, 3.63) is 28.8 Å². The molecule has 0 heterocycles. The van der Waals surface area contributed by atoms with Gasteiger partial charge in [0.2, 0.25) is 5.78 Å². The van der Waals surface area contributed by atoms with Crippen molar-refractivity contribution in [2.24, 2.45) is 0 Å². The summed E-state index contributed by atoms with van der Waals surface area (Å²) in [5.74, 6) is -0.401. The fourth-order valence-corrected chi connectivity index (χ4v) is 1.67. The summed E-state index contributed by atoms with van der Waals surface area (Å²) in [6.45, 7) is 4.10. The number of carbonyl (C=O) groups excluding carboxylic acids is 2. The van der Waals surface area contributed by atoms with Gasteiger partial charge in [0, 0.05) is 13.5 Å². The van der Waals surface area contributed by atoms with Gasteiger partial charge in [0.05, 0.1) is 11.6 Å². The molecule has 0 saturated carbocycles. The van der Waals surface area contributed by atoms with Crippen molar-refractivity contribution in [3.63, 3.8) is 0 Å². The van der Waals surface area contributed by atoms with E-state index in [-0.39, 0.29) is 0 Å². The lowest BCUT2D eigenvalue weighted by molar-refractivity contribution is -0.136. The van der Waals surface area contributed by atoms with E-state index in [0.29, 0.717) is 30.3 Å². The molecule has 0 unspecified atom stereocenters. The second-order valence-corrected chi connectivity index (χ2v) is 4.17. The Morgan fingerprint density at radius 1 is 1.39 bits per heavy atom. The van der Waals surface area contributed by atoms with Gasteiger partial charge in [-0.2, -0.15) is 0 Å². The molecule has 0 saturated heterocycles. The molecule has 0 atom stereocenters. The van der Waals surface area contributed by atoms with E-state index in [1.807, 2.05) is 13.0 Å². The van der Waals surface area contributed by atoms with Gasteiger partial charge >= 0.3 is 0 Å². The molecule has 1 aromatic rings. The van der Waals surface area contributed by atoms with Crippen LogP contribution in [-0.4, -0.2) is 24.8 Å². The molecule has 0 spiro atoms. The molecule has 5 heteroatoms. The summed E-state index contributed by atoms with van der Waals surface area (Å²) >= 11 is 6.03. The average molecular weight is 270 g/mol. The van der Waals surface area contributed by atoms with Crippen LogP contribution in [0.1, 0.15) is 19.4 Å². The molecule has 0 aliphatic heterocycles. The van der Waals surface area contributed by atoms with E-state index in [9.17, 15) is 9.59 Å². The van der Waals surface area contributed by atoms with Crippen molar-refractivity contribution in [1.82, 2.24) is 5.32 Å². The lowest BCUT2D eigenvalue weighted by Crippen LogP contribution is -2.30. The van der Waals surface area contributed by atoms with Gasteiger partial charge in [-0.3, -0.25) is 9.59 Å². The van der Waals surface area contributed by atoms with Crippen molar-refractivity contribution < 1.29 is 14.3 Å². The molecule has 0 aliphatic rings. The number of halogens is 1. The third kappa shape index (κ3) is 4.37. The van der Waals surface area contributed by atoms with E-state index in [4.69, 9.17) is 16.3 Å². The number of hydrogen-bond acceptors (Lipinski definition) is 3. The summed E-state index contributed by atoms with van der Waals surface area (Å²) in [5, 5.41) is 3.08. The molecule has 0 bridgehead atoms. The maximum Gasteiger partial charge on any atom is 0.287 e. The van der Waals surface area contributed by atoms with Gasteiger partial charge in [0.1, 0.15) is 5.75 Å². The zero-order valence-electron chi connectivity index (χ0n) is 10.5. The number of ketones is 1. The number of ether oxygens (including phenoxy) is 1. The first-order valence-electron chi connectivity index (χ1n) is 5.74. The molecule has 1 aromatic carbocycles. The van der Waals surface area contributed by atoms with E-state index in [2.05, 4.69) is 5.32 Å². The van der Waals surface area contributed by atoms with Crippen LogP contribution in [0.3, 0.4) is 0 Å². The predicted octanol–water partition coefficient (Wildman–Crippen LogP) is 1.99. The number of Topliss-reactive ketones (excluding diaryl/α,β-unsaturated/α-hetero) is 1. The Kier molecular flexibility index (Phi) is 5.65. The Labute approximate surface area is 111 Å². The van der Waals surface area contributed by atoms with E-state index in [1.165, 1.54) is 6.92 Å². The van der Waals surface area contributed by atoms with E-state index < -0.39 is 11.7 Å². The van der Waals surface area contributed by atoms with Crippen molar-refractivity contribution >= 4 is 23.3 Å². The van der Waals surface area contributed by atoms with Crippen LogP contribution >= 0.6 is 11.6 Å². The number of carbonyl (C=O) groups is 2. The fraction of sp³-hybridized carbons (Fsp3) is 0.385. The van der Waals surface area contributed by atoms with Crippen LogP contribution in [0.2, 0.25) is 5.02 Å². The largest absolute Gasteiger partial charge is 0.492 e. The topological polar surface area (TPSA) is 55.4 Å². The molecular weight excluding hydrogens is 254 g/mol. The number of amides is 1. The predicted molar refractivity (Wildman–Crippen MR) is 70.0 cm³/mol. The van der Waals surface area contributed by atoms with Crippen LogP contribution in [-0.2, 0) is 16.0 Å². The van der Waals surface area contributed by atoms with Gasteiger partial charge in [-0.15, -0.1) is 0 Å². The Morgan fingerprint density at radius 2 is 2.11 bits per heavy atom. The molecule has 1 N–H and O–H groups in total. The highest BCUT2D eigenvalue weighted by Gasteiger charge is 2.06. The molecule has 1 amide bonds. The van der Waals surface area contributed by atoms with Crippen LogP contribution in [0.4, 0.5) is 0 Å². The second kappa shape index (κ2) is 7.01. The highest BCUT2D eigenvalue weighted by Crippen LogP contribution is 2.25. The highest BCUT2D eigenvalue weighted by molar-refractivity contribution is 6.35. The Morgan fingerprint density at radius 3 is 2.67 bits per heavy atom. The summed E-state index contributed by atoms with van der Waals surface area (Å²) in [4.78, 5) is 21.7. The zero-order chi connectivity index (χ0) is 13.5.